The normalized spacial score (nSPS) is 50.2. The Hall–Kier alpha value is -0.0400. The van der Waals surface area contributed by atoms with Crippen molar-refractivity contribution in [2.24, 2.45) is 29.4 Å². The monoisotopic (exact) mass is 223 g/mol. The molecule has 0 saturated heterocycles. The first-order valence-electron chi connectivity index (χ1n) is 7.31. The summed E-state index contributed by atoms with van der Waals surface area (Å²) in [5.74, 6) is 3.33. The largest absolute Gasteiger partial charge is 0.325 e. The van der Waals surface area contributed by atoms with Gasteiger partial charge in [0.25, 0.3) is 0 Å². The molecule has 1 nitrogen and oxygen atoms in total. The molecule has 2 N–H and O–H groups in total. The van der Waals surface area contributed by atoms with Crippen molar-refractivity contribution >= 4 is 0 Å². The Bertz CT molecular complexity index is 230. The van der Waals surface area contributed by atoms with E-state index in [-0.39, 0.29) is 5.54 Å². The van der Waals surface area contributed by atoms with Crippen molar-refractivity contribution in [1.29, 1.82) is 0 Å². The molecule has 2 rings (SSSR count). The van der Waals surface area contributed by atoms with Crippen LogP contribution in [0.2, 0.25) is 0 Å². The fourth-order valence-corrected chi connectivity index (χ4v) is 4.08. The van der Waals surface area contributed by atoms with Gasteiger partial charge in [-0.2, -0.15) is 0 Å². The van der Waals surface area contributed by atoms with E-state index in [1.165, 1.54) is 44.9 Å². The standard InChI is InChI=1S/C15H29N/c1-11-5-8-14(9-6-11)15(16)10-12(2)4-7-13(15)3/h11-14H,4-10,16H2,1-3H3. The van der Waals surface area contributed by atoms with Crippen molar-refractivity contribution in [3.63, 3.8) is 0 Å². The lowest BCUT2D eigenvalue weighted by Crippen LogP contribution is -2.56. The van der Waals surface area contributed by atoms with Gasteiger partial charge in [0.1, 0.15) is 0 Å². The van der Waals surface area contributed by atoms with Gasteiger partial charge < -0.3 is 5.73 Å². The van der Waals surface area contributed by atoms with Crippen molar-refractivity contribution in [2.45, 2.75) is 71.3 Å². The van der Waals surface area contributed by atoms with Crippen LogP contribution in [0.25, 0.3) is 0 Å². The summed E-state index contributed by atoms with van der Waals surface area (Å²) in [6, 6.07) is 0. The van der Waals surface area contributed by atoms with Crippen LogP contribution in [-0.4, -0.2) is 5.54 Å². The maximum atomic E-state index is 6.81. The molecule has 0 aromatic carbocycles. The van der Waals surface area contributed by atoms with Crippen LogP contribution in [0.5, 0.6) is 0 Å². The number of nitrogens with two attached hydrogens (primary N) is 1. The third-order valence-electron chi connectivity index (χ3n) is 5.49. The van der Waals surface area contributed by atoms with Gasteiger partial charge in [0.2, 0.25) is 0 Å². The maximum absolute atomic E-state index is 6.81. The van der Waals surface area contributed by atoms with Crippen LogP contribution in [-0.2, 0) is 0 Å². The number of hydrogen-bond donors (Lipinski definition) is 1. The lowest BCUT2D eigenvalue weighted by atomic mass is 9.60. The van der Waals surface area contributed by atoms with Crippen molar-refractivity contribution in [2.75, 3.05) is 0 Å². The van der Waals surface area contributed by atoms with E-state index in [1.54, 1.807) is 0 Å². The molecule has 2 fully saturated rings. The third kappa shape index (κ3) is 2.30. The molecule has 0 heterocycles. The van der Waals surface area contributed by atoms with Gasteiger partial charge in [-0.25, -0.2) is 0 Å². The van der Waals surface area contributed by atoms with E-state index >= 15 is 0 Å². The van der Waals surface area contributed by atoms with Gasteiger partial charge in [-0.05, 0) is 49.4 Å². The van der Waals surface area contributed by atoms with Crippen molar-refractivity contribution in [3.05, 3.63) is 0 Å². The SMILES string of the molecule is CC1CCC(C2(N)CC(C)CCC2C)CC1. The summed E-state index contributed by atoms with van der Waals surface area (Å²) >= 11 is 0. The zero-order valence-corrected chi connectivity index (χ0v) is 11.3. The zero-order valence-electron chi connectivity index (χ0n) is 11.3. The third-order valence-corrected chi connectivity index (χ3v) is 5.49. The summed E-state index contributed by atoms with van der Waals surface area (Å²) < 4.78 is 0. The Kier molecular flexibility index (Phi) is 3.63. The fraction of sp³-hybridized carbons (Fsp3) is 1.00. The minimum absolute atomic E-state index is 0.164. The van der Waals surface area contributed by atoms with E-state index in [1.807, 2.05) is 0 Å². The van der Waals surface area contributed by atoms with Crippen LogP contribution < -0.4 is 5.73 Å². The van der Waals surface area contributed by atoms with Crippen molar-refractivity contribution in [3.8, 4) is 0 Å². The van der Waals surface area contributed by atoms with Gasteiger partial charge in [0.15, 0.2) is 0 Å². The van der Waals surface area contributed by atoms with Crippen LogP contribution in [0.1, 0.15) is 65.7 Å². The second-order valence-corrected chi connectivity index (χ2v) is 6.86. The fourth-order valence-electron chi connectivity index (χ4n) is 4.08. The highest BCUT2D eigenvalue weighted by molar-refractivity contribution is 5.00. The molecular formula is C15H29N. The molecule has 0 radical (unpaired) electrons. The van der Waals surface area contributed by atoms with Gasteiger partial charge in [-0.1, -0.05) is 40.0 Å². The van der Waals surface area contributed by atoms with E-state index in [2.05, 4.69) is 20.8 Å². The molecule has 0 spiro atoms. The topological polar surface area (TPSA) is 26.0 Å². The predicted molar refractivity (Wildman–Crippen MR) is 70.2 cm³/mol. The second kappa shape index (κ2) is 4.68. The molecular weight excluding hydrogens is 194 g/mol. The van der Waals surface area contributed by atoms with Crippen molar-refractivity contribution in [1.82, 2.24) is 0 Å². The summed E-state index contributed by atoms with van der Waals surface area (Å²) in [5, 5.41) is 0. The maximum Gasteiger partial charge on any atom is 0.0211 e. The smallest absolute Gasteiger partial charge is 0.0211 e. The molecule has 2 saturated carbocycles. The lowest BCUT2D eigenvalue weighted by Gasteiger charge is -2.49. The number of rotatable bonds is 1. The molecule has 2 aliphatic rings. The van der Waals surface area contributed by atoms with E-state index in [9.17, 15) is 0 Å². The first-order chi connectivity index (χ1) is 7.52. The Morgan fingerprint density at radius 2 is 1.38 bits per heavy atom. The second-order valence-electron chi connectivity index (χ2n) is 6.86. The molecule has 0 aromatic rings. The Morgan fingerprint density at radius 1 is 0.812 bits per heavy atom. The van der Waals surface area contributed by atoms with Crippen LogP contribution >= 0.6 is 0 Å². The summed E-state index contributed by atoms with van der Waals surface area (Å²) in [6.07, 6.45) is 9.60. The van der Waals surface area contributed by atoms with E-state index in [4.69, 9.17) is 5.73 Å². The molecule has 1 heteroatoms. The molecule has 3 unspecified atom stereocenters. The highest BCUT2D eigenvalue weighted by Crippen LogP contribution is 2.45. The highest BCUT2D eigenvalue weighted by Gasteiger charge is 2.43. The first-order valence-corrected chi connectivity index (χ1v) is 7.31. The van der Waals surface area contributed by atoms with Gasteiger partial charge in [-0.3, -0.25) is 0 Å². The molecule has 94 valence electrons. The van der Waals surface area contributed by atoms with Crippen LogP contribution in [0.15, 0.2) is 0 Å². The lowest BCUT2D eigenvalue weighted by molar-refractivity contribution is 0.0667. The van der Waals surface area contributed by atoms with Crippen molar-refractivity contribution < 1.29 is 0 Å². The zero-order chi connectivity index (χ0) is 11.8. The minimum atomic E-state index is 0.164. The van der Waals surface area contributed by atoms with Gasteiger partial charge in [0, 0.05) is 5.54 Å². The quantitative estimate of drug-likeness (QED) is 0.715. The van der Waals surface area contributed by atoms with Gasteiger partial charge in [-0.15, -0.1) is 0 Å². The summed E-state index contributed by atoms with van der Waals surface area (Å²) in [7, 11) is 0. The van der Waals surface area contributed by atoms with Gasteiger partial charge >= 0.3 is 0 Å². The molecule has 0 amide bonds. The van der Waals surface area contributed by atoms with E-state index in [0.717, 1.165) is 23.7 Å². The van der Waals surface area contributed by atoms with Crippen LogP contribution in [0.4, 0.5) is 0 Å². The van der Waals surface area contributed by atoms with E-state index in [0.29, 0.717) is 0 Å². The Morgan fingerprint density at radius 3 is 2.00 bits per heavy atom. The summed E-state index contributed by atoms with van der Waals surface area (Å²) in [4.78, 5) is 0. The highest BCUT2D eigenvalue weighted by atomic mass is 14.8. The Labute approximate surface area is 101 Å². The molecule has 0 bridgehead atoms. The van der Waals surface area contributed by atoms with E-state index < -0.39 is 0 Å². The average molecular weight is 223 g/mol. The van der Waals surface area contributed by atoms with Gasteiger partial charge in [0.05, 0.1) is 0 Å². The van der Waals surface area contributed by atoms with Crippen LogP contribution in [0.3, 0.4) is 0 Å². The number of hydrogen-bond acceptors (Lipinski definition) is 1. The Balaban J connectivity index is 2.04. The molecule has 0 aliphatic heterocycles. The van der Waals surface area contributed by atoms with Crippen LogP contribution in [0, 0.1) is 23.7 Å². The molecule has 0 aromatic heterocycles. The summed E-state index contributed by atoms with van der Waals surface area (Å²) in [6.45, 7) is 7.18. The average Bonchev–Trinajstić information content (AvgIpc) is 2.25. The molecule has 3 atom stereocenters. The summed E-state index contributed by atoms with van der Waals surface area (Å²) in [5.41, 5.74) is 6.98. The first kappa shape index (κ1) is 12.4. The predicted octanol–water partition coefficient (Wildman–Crippen LogP) is 3.97. The minimum Gasteiger partial charge on any atom is -0.325 e. The molecule has 2 aliphatic carbocycles. The molecule has 16 heavy (non-hydrogen) atoms.